The number of benzene rings is 1. The summed E-state index contributed by atoms with van der Waals surface area (Å²) in [6.07, 6.45) is -0.134. The second-order valence-corrected chi connectivity index (χ2v) is 5.53. The summed E-state index contributed by atoms with van der Waals surface area (Å²) in [5.74, 6) is -0.306. The third-order valence-corrected chi connectivity index (χ3v) is 3.80. The van der Waals surface area contributed by atoms with Gasteiger partial charge in [0.2, 0.25) is 11.8 Å². The normalized spacial score (nSPS) is 17.7. The first kappa shape index (κ1) is 16.1. The molecule has 1 amide bonds. The van der Waals surface area contributed by atoms with Crippen LogP contribution in [0.15, 0.2) is 28.7 Å². The van der Waals surface area contributed by atoms with E-state index in [0.717, 1.165) is 5.56 Å². The summed E-state index contributed by atoms with van der Waals surface area (Å²) >= 11 is 0. The lowest BCUT2D eigenvalue weighted by Gasteiger charge is -2.34. The molecule has 1 aliphatic rings. The van der Waals surface area contributed by atoms with Crippen LogP contribution in [0.4, 0.5) is 0 Å². The maximum Gasteiger partial charge on any atom is 0.305 e. The molecule has 24 heavy (non-hydrogen) atoms. The Morgan fingerprint density at radius 1 is 1.29 bits per heavy atom. The fourth-order valence-corrected chi connectivity index (χ4v) is 2.63. The van der Waals surface area contributed by atoms with Crippen LogP contribution in [0.3, 0.4) is 0 Å². The van der Waals surface area contributed by atoms with Crippen LogP contribution < -0.4 is 0 Å². The number of carboxylic acid groups (broad SMARTS) is 1. The lowest BCUT2D eigenvalue weighted by Crippen LogP contribution is -2.49. The third-order valence-electron chi connectivity index (χ3n) is 3.80. The first-order valence-electron chi connectivity index (χ1n) is 7.55. The second-order valence-electron chi connectivity index (χ2n) is 5.53. The minimum Gasteiger partial charge on any atom is -0.481 e. The average molecular weight is 331 g/mol. The van der Waals surface area contributed by atoms with Crippen LogP contribution in [-0.4, -0.2) is 57.9 Å². The molecular weight excluding hydrogens is 314 g/mol. The van der Waals surface area contributed by atoms with Crippen molar-refractivity contribution < 1.29 is 23.8 Å². The van der Waals surface area contributed by atoms with Gasteiger partial charge in [-0.25, -0.2) is 0 Å². The number of hydrogen-bond donors (Lipinski definition) is 1. The smallest absolute Gasteiger partial charge is 0.305 e. The highest BCUT2D eigenvalue weighted by atomic mass is 16.5. The van der Waals surface area contributed by atoms with E-state index < -0.39 is 12.0 Å². The van der Waals surface area contributed by atoms with Crippen LogP contribution in [-0.2, 0) is 9.53 Å². The maximum absolute atomic E-state index is 12.7. The molecule has 1 aromatic carbocycles. The van der Waals surface area contributed by atoms with Crippen molar-refractivity contribution in [1.82, 2.24) is 15.1 Å². The van der Waals surface area contributed by atoms with E-state index >= 15 is 0 Å². The number of rotatable bonds is 4. The molecule has 1 aromatic heterocycles. The molecule has 2 aromatic rings. The molecule has 8 nitrogen and oxygen atoms in total. The molecule has 8 heteroatoms. The number of nitrogens with zero attached hydrogens (tertiary/aromatic N) is 3. The topological polar surface area (TPSA) is 106 Å². The molecular formula is C16H17N3O5. The summed E-state index contributed by atoms with van der Waals surface area (Å²) in [6, 6.07) is 6.34. The SMILES string of the molecule is Cc1nnc(-c2ccc(C(=O)N3CCOCC3CC(=O)O)cc2)o1. The Kier molecular flexibility index (Phi) is 4.57. The number of ether oxygens (including phenoxy) is 1. The molecule has 0 saturated carbocycles. The fourth-order valence-electron chi connectivity index (χ4n) is 2.63. The van der Waals surface area contributed by atoms with Crippen molar-refractivity contribution in [3.8, 4) is 11.5 Å². The number of morpholine rings is 1. The molecule has 0 spiro atoms. The van der Waals surface area contributed by atoms with Crippen LogP contribution in [0, 0.1) is 6.92 Å². The summed E-state index contributed by atoms with van der Waals surface area (Å²) in [4.78, 5) is 25.2. The Hall–Kier alpha value is -2.74. The Labute approximate surface area is 138 Å². The lowest BCUT2D eigenvalue weighted by molar-refractivity contribution is -0.139. The van der Waals surface area contributed by atoms with Gasteiger partial charge in [-0.3, -0.25) is 9.59 Å². The van der Waals surface area contributed by atoms with Crippen LogP contribution in [0.25, 0.3) is 11.5 Å². The van der Waals surface area contributed by atoms with E-state index in [-0.39, 0.29) is 18.9 Å². The minimum atomic E-state index is -0.953. The average Bonchev–Trinajstić information content (AvgIpc) is 3.01. The summed E-state index contributed by atoms with van der Waals surface area (Å²) in [5, 5.41) is 16.7. The van der Waals surface area contributed by atoms with Gasteiger partial charge in [-0.15, -0.1) is 10.2 Å². The Morgan fingerprint density at radius 2 is 2.04 bits per heavy atom. The van der Waals surface area contributed by atoms with E-state index in [0.29, 0.717) is 30.5 Å². The van der Waals surface area contributed by atoms with Gasteiger partial charge < -0.3 is 19.2 Å². The zero-order valence-corrected chi connectivity index (χ0v) is 13.1. The van der Waals surface area contributed by atoms with Crippen molar-refractivity contribution in [3.05, 3.63) is 35.7 Å². The summed E-state index contributed by atoms with van der Waals surface area (Å²) in [7, 11) is 0. The molecule has 0 bridgehead atoms. The fraction of sp³-hybridized carbons (Fsp3) is 0.375. The monoisotopic (exact) mass is 331 g/mol. The van der Waals surface area contributed by atoms with Gasteiger partial charge >= 0.3 is 5.97 Å². The molecule has 1 aliphatic heterocycles. The quantitative estimate of drug-likeness (QED) is 0.901. The van der Waals surface area contributed by atoms with Crippen LogP contribution in [0.5, 0.6) is 0 Å². The third kappa shape index (κ3) is 3.43. The number of aryl methyl sites for hydroxylation is 1. The van der Waals surface area contributed by atoms with Crippen molar-refractivity contribution in [2.75, 3.05) is 19.8 Å². The van der Waals surface area contributed by atoms with Crippen LogP contribution >= 0.6 is 0 Å². The van der Waals surface area contributed by atoms with E-state index in [1.807, 2.05) is 0 Å². The van der Waals surface area contributed by atoms with Crippen LogP contribution in [0.2, 0.25) is 0 Å². The summed E-state index contributed by atoms with van der Waals surface area (Å²) in [5.41, 5.74) is 1.20. The number of hydrogen-bond acceptors (Lipinski definition) is 6. The van der Waals surface area contributed by atoms with Crippen molar-refractivity contribution in [1.29, 1.82) is 0 Å². The Bertz CT molecular complexity index is 740. The van der Waals surface area contributed by atoms with Crippen molar-refractivity contribution in [3.63, 3.8) is 0 Å². The van der Waals surface area contributed by atoms with Gasteiger partial charge in [-0.1, -0.05) is 0 Å². The highest BCUT2D eigenvalue weighted by molar-refractivity contribution is 5.95. The number of amides is 1. The number of aromatic nitrogens is 2. The molecule has 126 valence electrons. The van der Waals surface area contributed by atoms with Gasteiger partial charge in [0.05, 0.1) is 25.7 Å². The molecule has 1 fully saturated rings. The predicted molar refractivity (Wildman–Crippen MR) is 82.4 cm³/mol. The zero-order valence-electron chi connectivity index (χ0n) is 13.1. The molecule has 0 radical (unpaired) electrons. The molecule has 3 rings (SSSR count). The maximum atomic E-state index is 12.7. The van der Waals surface area contributed by atoms with E-state index in [4.69, 9.17) is 14.3 Å². The standard InChI is InChI=1S/C16H17N3O5/c1-10-17-18-15(24-10)11-2-4-12(5-3-11)16(22)19-6-7-23-9-13(19)8-14(20)21/h2-5,13H,6-9H2,1H3,(H,20,21). The minimum absolute atomic E-state index is 0.134. The first-order valence-corrected chi connectivity index (χ1v) is 7.55. The van der Waals surface area contributed by atoms with Gasteiger partial charge in [-0.2, -0.15) is 0 Å². The van der Waals surface area contributed by atoms with Gasteiger partial charge in [0.1, 0.15) is 0 Å². The molecule has 1 atom stereocenters. The van der Waals surface area contributed by atoms with Crippen molar-refractivity contribution >= 4 is 11.9 Å². The molecule has 1 N–H and O–H groups in total. The van der Waals surface area contributed by atoms with E-state index in [1.54, 1.807) is 36.1 Å². The van der Waals surface area contributed by atoms with E-state index in [1.165, 1.54) is 0 Å². The molecule has 0 aliphatic carbocycles. The van der Waals surface area contributed by atoms with Gasteiger partial charge in [0.25, 0.3) is 5.91 Å². The zero-order chi connectivity index (χ0) is 17.1. The number of carboxylic acids is 1. The van der Waals surface area contributed by atoms with Crippen LogP contribution in [0.1, 0.15) is 22.7 Å². The summed E-state index contributed by atoms with van der Waals surface area (Å²) < 4.78 is 10.6. The highest BCUT2D eigenvalue weighted by Crippen LogP contribution is 2.20. The Morgan fingerprint density at radius 3 is 2.67 bits per heavy atom. The lowest BCUT2D eigenvalue weighted by atomic mass is 10.1. The van der Waals surface area contributed by atoms with Gasteiger partial charge in [0.15, 0.2) is 0 Å². The molecule has 1 saturated heterocycles. The highest BCUT2D eigenvalue weighted by Gasteiger charge is 2.29. The predicted octanol–water partition coefficient (Wildman–Crippen LogP) is 1.36. The molecule has 2 heterocycles. The van der Waals surface area contributed by atoms with E-state index in [9.17, 15) is 9.59 Å². The first-order chi connectivity index (χ1) is 11.5. The number of aliphatic carboxylic acids is 1. The van der Waals surface area contributed by atoms with Gasteiger partial charge in [-0.05, 0) is 24.3 Å². The van der Waals surface area contributed by atoms with Crippen molar-refractivity contribution in [2.45, 2.75) is 19.4 Å². The summed E-state index contributed by atoms with van der Waals surface area (Å²) in [6.45, 7) is 2.72. The Balaban J connectivity index is 1.77. The second kappa shape index (κ2) is 6.79. The van der Waals surface area contributed by atoms with E-state index in [2.05, 4.69) is 10.2 Å². The van der Waals surface area contributed by atoms with Gasteiger partial charge in [0, 0.05) is 24.6 Å². The number of carbonyl (C=O) groups is 2. The van der Waals surface area contributed by atoms with Crippen molar-refractivity contribution in [2.24, 2.45) is 0 Å². The largest absolute Gasteiger partial charge is 0.481 e. The molecule has 1 unspecified atom stereocenters. The number of carbonyl (C=O) groups excluding carboxylic acids is 1.